The minimum absolute atomic E-state index is 0.164. The van der Waals surface area contributed by atoms with Crippen LogP contribution in [-0.4, -0.2) is 31.6 Å². The molecule has 1 aliphatic heterocycles. The highest BCUT2D eigenvalue weighted by Crippen LogP contribution is 2.55. The first kappa shape index (κ1) is 26.3. The zero-order chi connectivity index (χ0) is 30.1. The quantitative estimate of drug-likeness (QED) is 0.0811. The van der Waals surface area contributed by atoms with Crippen LogP contribution in [0.15, 0.2) is 97.1 Å². The molecule has 0 amide bonds. The Labute approximate surface area is 253 Å². The van der Waals surface area contributed by atoms with Gasteiger partial charge in [0, 0.05) is 11.5 Å². The van der Waals surface area contributed by atoms with Crippen molar-refractivity contribution in [3.05, 3.63) is 108 Å². The number of ether oxygens (including phenoxy) is 1. The third-order valence-electron chi connectivity index (χ3n) is 9.60. The van der Waals surface area contributed by atoms with E-state index in [9.17, 15) is 25.5 Å². The van der Waals surface area contributed by atoms with Crippen LogP contribution in [0, 0.1) is 0 Å². The standard InChI is InChI=1S/C38H30O6/c39-34-33(35(40)37(42)38(43)36(34)41)21-15-13-20(14-16-21)31-24-8-1-3-10-26(24)32(27-11-4-2-9-25(27)31)22-17-18-30-28(19-22)23-7-5-6-12-29(23)44-30/h1-16,22,28,30,39-43H,17-19H2. The third kappa shape index (κ3) is 3.80. The van der Waals surface area contributed by atoms with Crippen molar-refractivity contribution in [3.63, 3.8) is 0 Å². The fraction of sp³-hybridized carbons (Fsp3) is 0.158. The Hall–Kier alpha value is -5.36. The second kappa shape index (κ2) is 9.85. The van der Waals surface area contributed by atoms with Gasteiger partial charge in [-0.1, -0.05) is 91.0 Å². The molecule has 1 saturated carbocycles. The van der Waals surface area contributed by atoms with Crippen LogP contribution < -0.4 is 4.74 Å². The van der Waals surface area contributed by atoms with Crippen molar-refractivity contribution in [2.75, 3.05) is 0 Å². The molecule has 6 aromatic rings. The molecule has 1 heterocycles. The first-order chi connectivity index (χ1) is 21.4. The molecule has 8 rings (SSSR count). The summed E-state index contributed by atoms with van der Waals surface area (Å²) in [7, 11) is 0. The predicted molar refractivity (Wildman–Crippen MR) is 171 cm³/mol. The number of aromatic hydroxyl groups is 5. The maximum atomic E-state index is 10.5. The largest absolute Gasteiger partial charge is 0.504 e. The van der Waals surface area contributed by atoms with Crippen molar-refractivity contribution in [1.82, 2.24) is 0 Å². The number of benzene rings is 6. The molecule has 218 valence electrons. The Morgan fingerprint density at radius 2 is 1.00 bits per heavy atom. The van der Waals surface area contributed by atoms with Crippen LogP contribution >= 0.6 is 0 Å². The fourth-order valence-corrected chi connectivity index (χ4v) is 7.61. The average Bonchev–Trinajstić information content (AvgIpc) is 3.44. The van der Waals surface area contributed by atoms with Gasteiger partial charge in [-0.2, -0.15) is 0 Å². The van der Waals surface area contributed by atoms with Gasteiger partial charge in [0.1, 0.15) is 11.9 Å². The van der Waals surface area contributed by atoms with Gasteiger partial charge in [-0.05, 0) is 75.0 Å². The molecule has 6 aromatic carbocycles. The number of hydrogen-bond donors (Lipinski definition) is 5. The summed E-state index contributed by atoms with van der Waals surface area (Å²) in [5.74, 6) is -2.42. The normalized spacial score (nSPS) is 19.0. The van der Waals surface area contributed by atoms with Gasteiger partial charge in [-0.25, -0.2) is 0 Å². The third-order valence-corrected chi connectivity index (χ3v) is 9.60. The van der Waals surface area contributed by atoms with E-state index < -0.39 is 28.7 Å². The van der Waals surface area contributed by atoms with E-state index in [1.807, 2.05) is 18.2 Å². The molecule has 6 heteroatoms. The minimum atomic E-state index is -0.975. The summed E-state index contributed by atoms with van der Waals surface area (Å²) in [5, 5.41) is 55.7. The Bertz CT molecular complexity index is 2010. The van der Waals surface area contributed by atoms with E-state index >= 15 is 0 Å². The summed E-state index contributed by atoms with van der Waals surface area (Å²) >= 11 is 0. The van der Waals surface area contributed by atoms with Gasteiger partial charge in [0.05, 0.1) is 5.56 Å². The summed E-state index contributed by atoms with van der Waals surface area (Å²) in [5.41, 5.74) is 4.93. The predicted octanol–water partition coefficient (Wildman–Crippen LogP) is 8.67. The van der Waals surface area contributed by atoms with Crippen molar-refractivity contribution in [3.8, 4) is 56.8 Å². The summed E-state index contributed by atoms with van der Waals surface area (Å²) in [6.45, 7) is 0. The van der Waals surface area contributed by atoms with Crippen LogP contribution in [0.3, 0.4) is 0 Å². The van der Waals surface area contributed by atoms with Crippen molar-refractivity contribution >= 4 is 21.5 Å². The van der Waals surface area contributed by atoms with Gasteiger partial charge in [-0.3, -0.25) is 0 Å². The van der Waals surface area contributed by atoms with Gasteiger partial charge in [-0.15, -0.1) is 0 Å². The molecule has 0 bridgehead atoms. The molecule has 0 saturated heterocycles. The van der Waals surface area contributed by atoms with E-state index in [0.29, 0.717) is 17.4 Å². The number of hydrogen-bond acceptors (Lipinski definition) is 6. The summed E-state index contributed by atoms with van der Waals surface area (Å²) in [6.07, 6.45) is 3.33. The number of rotatable bonds is 3. The molecule has 1 aliphatic carbocycles. The molecule has 0 radical (unpaired) electrons. The lowest BCUT2D eigenvalue weighted by Gasteiger charge is -2.33. The summed E-state index contributed by atoms with van der Waals surface area (Å²) in [6, 6.07) is 32.8. The van der Waals surface area contributed by atoms with Gasteiger partial charge < -0.3 is 30.3 Å². The minimum Gasteiger partial charge on any atom is -0.504 e. The first-order valence-electron chi connectivity index (χ1n) is 14.9. The lowest BCUT2D eigenvalue weighted by Crippen LogP contribution is -2.26. The lowest BCUT2D eigenvalue weighted by molar-refractivity contribution is 0.155. The number of phenolic OH excluding ortho intramolecular Hbond substituents is 5. The zero-order valence-electron chi connectivity index (χ0n) is 23.7. The SMILES string of the molecule is Oc1c(O)c(O)c(-c2ccc(-c3c4ccccc4c(C4CCC5Oc6ccccc6C5C4)c4ccccc34)cc2)c(O)c1O. The van der Waals surface area contributed by atoms with E-state index in [-0.39, 0.29) is 11.7 Å². The highest BCUT2D eigenvalue weighted by Gasteiger charge is 2.40. The number of para-hydroxylation sites is 1. The zero-order valence-corrected chi connectivity index (χ0v) is 23.7. The van der Waals surface area contributed by atoms with E-state index in [1.54, 1.807) is 12.1 Å². The second-order valence-corrected chi connectivity index (χ2v) is 11.9. The van der Waals surface area contributed by atoms with Gasteiger partial charge >= 0.3 is 0 Å². The monoisotopic (exact) mass is 582 g/mol. The van der Waals surface area contributed by atoms with Crippen LogP contribution in [0.5, 0.6) is 34.5 Å². The highest BCUT2D eigenvalue weighted by atomic mass is 16.5. The van der Waals surface area contributed by atoms with Gasteiger partial charge in [0.2, 0.25) is 17.2 Å². The molecule has 5 N–H and O–H groups in total. The first-order valence-corrected chi connectivity index (χ1v) is 14.9. The van der Waals surface area contributed by atoms with E-state index in [1.165, 1.54) is 21.9 Å². The maximum absolute atomic E-state index is 10.5. The molecule has 1 fully saturated rings. The molecule has 3 unspecified atom stereocenters. The van der Waals surface area contributed by atoms with Crippen LogP contribution in [0.2, 0.25) is 0 Å². The van der Waals surface area contributed by atoms with Crippen molar-refractivity contribution in [1.29, 1.82) is 0 Å². The molecule has 0 spiro atoms. The van der Waals surface area contributed by atoms with Crippen LogP contribution in [0.25, 0.3) is 43.8 Å². The average molecular weight is 583 g/mol. The van der Waals surface area contributed by atoms with Crippen molar-refractivity contribution in [2.24, 2.45) is 0 Å². The van der Waals surface area contributed by atoms with Crippen LogP contribution in [-0.2, 0) is 0 Å². The smallest absolute Gasteiger partial charge is 0.208 e. The number of fused-ring (bicyclic) bond motifs is 5. The van der Waals surface area contributed by atoms with Crippen LogP contribution in [0.4, 0.5) is 0 Å². The van der Waals surface area contributed by atoms with E-state index in [0.717, 1.165) is 46.9 Å². The molecule has 0 aromatic heterocycles. The highest BCUT2D eigenvalue weighted by molar-refractivity contribution is 6.15. The van der Waals surface area contributed by atoms with Crippen LogP contribution in [0.1, 0.15) is 42.2 Å². The molecular weight excluding hydrogens is 552 g/mol. The molecular formula is C38H30O6. The molecule has 2 aliphatic rings. The second-order valence-electron chi connectivity index (χ2n) is 11.9. The van der Waals surface area contributed by atoms with E-state index in [2.05, 4.69) is 66.7 Å². The maximum Gasteiger partial charge on any atom is 0.208 e. The molecule has 3 atom stereocenters. The van der Waals surface area contributed by atoms with Crippen molar-refractivity contribution in [2.45, 2.75) is 37.2 Å². The van der Waals surface area contributed by atoms with Gasteiger partial charge in [0.15, 0.2) is 11.5 Å². The Morgan fingerprint density at radius 3 is 1.61 bits per heavy atom. The fourth-order valence-electron chi connectivity index (χ4n) is 7.61. The Balaban J connectivity index is 1.27. The summed E-state index contributed by atoms with van der Waals surface area (Å²) < 4.78 is 6.35. The lowest BCUT2D eigenvalue weighted by atomic mass is 9.72. The Kier molecular flexibility index (Phi) is 5.88. The Morgan fingerprint density at radius 1 is 0.500 bits per heavy atom. The number of phenols is 5. The topological polar surface area (TPSA) is 110 Å². The van der Waals surface area contributed by atoms with Gasteiger partial charge in [0.25, 0.3) is 0 Å². The molecule has 44 heavy (non-hydrogen) atoms. The van der Waals surface area contributed by atoms with E-state index in [4.69, 9.17) is 4.74 Å². The molecule has 6 nitrogen and oxygen atoms in total. The van der Waals surface area contributed by atoms with Crippen molar-refractivity contribution < 1.29 is 30.3 Å². The summed E-state index contributed by atoms with van der Waals surface area (Å²) in [4.78, 5) is 0.